The first-order valence-corrected chi connectivity index (χ1v) is 14.7. The molecule has 1 N–H and O–H groups in total. The summed E-state index contributed by atoms with van der Waals surface area (Å²) in [6, 6.07) is 4.05. The van der Waals surface area contributed by atoms with Gasteiger partial charge in [-0.25, -0.2) is 8.93 Å². The van der Waals surface area contributed by atoms with Crippen LogP contribution < -0.4 is 4.72 Å². The van der Waals surface area contributed by atoms with Crippen molar-refractivity contribution in [2.75, 3.05) is 12.4 Å². The molecule has 0 bridgehead atoms. The molecule has 7 heteroatoms. The third-order valence-electron chi connectivity index (χ3n) is 4.91. The number of hydrogen-bond donors (Lipinski definition) is 1. The van der Waals surface area contributed by atoms with Gasteiger partial charge in [-0.15, -0.1) is 11.8 Å². The van der Waals surface area contributed by atoms with Gasteiger partial charge in [-0.2, -0.15) is 0 Å². The topological polar surface area (TPSA) is 51.2 Å². The van der Waals surface area contributed by atoms with Crippen LogP contribution in [0.1, 0.15) is 66.6 Å². The van der Waals surface area contributed by atoms with Gasteiger partial charge in [0, 0.05) is 17.7 Å². The second-order valence-electron chi connectivity index (χ2n) is 9.30. The molecule has 0 unspecified atom stereocenters. The van der Waals surface area contributed by atoms with Gasteiger partial charge in [0.2, 0.25) is 0 Å². The number of nitrogens with zero attached hydrogens (tertiary/aromatic N) is 1. The van der Waals surface area contributed by atoms with Crippen LogP contribution in [0.3, 0.4) is 0 Å². The van der Waals surface area contributed by atoms with Crippen molar-refractivity contribution in [2.24, 2.45) is 0 Å². The summed E-state index contributed by atoms with van der Waals surface area (Å²) in [6.45, 7) is 20.0. The molecule has 0 aromatic carbocycles. The van der Waals surface area contributed by atoms with Gasteiger partial charge in [0.1, 0.15) is 0 Å². The second-order valence-corrected chi connectivity index (χ2v) is 17.4. The Morgan fingerprint density at radius 3 is 2.30 bits per heavy atom. The molecule has 1 aromatic rings. The van der Waals surface area contributed by atoms with Crippen molar-refractivity contribution in [2.45, 2.75) is 88.7 Å². The lowest BCUT2D eigenvalue weighted by Crippen LogP contribution is -2.42. The molecular weight excluding hydrogens is 392 g/mol. The Labute approximate surface area is 174 Å². The highest BCUT2D eigenvalue weighted by Gasteiger charge is 2.37. The molecule has 0 spiro atoms. The number of thioether (sulfide) groups is 1. The Hall–Kier alpha value is -0.213. The zero-order chi connectivity index (χ0) is 20.9. The lowest BCUT2D eigenvalue weighted by Gasteiger charge is -2.36. The summed E-state index contributed by atoms with van der Waals surface area (Å²) in [4.78, 5) is 5.80. The van der Waals surface area contributed by atoms with E-state index in [9.17, 15) is 4.21 Å². The highest BCUT2D eigenvalue weighted by molar-refractivity contribution is 7.99. The van der Waals surface area contributed by atoms with E-state index in [1.165, 1.54) is 0 Å². The van der Waals surface area contributed by atoms with Crippen LogP contribution in [0, 0.1) is 0 Å². The third kappa shape index (κ3) is 7.97. The summed E-state index contributed by atoms with van der Waals surface area (Å²) >= 11 is 1.78. The Bertz CT molecular complexity index is 608. The zero-order valence-corrected chi connectivity index (χ0v) is 21.1. The van der Waals surface area contributed by atoms with Crippen molar-refractivity contribution in [1.82, 2.24) is 9.71 Å². The lowest BCUT2D eigenvalue weighted by atomic mass is 10.1. The first-order valence-electron chi connectivity index (χ1n) is 9.68. The average molecular weight is 431 g/mol. The third-order valence-corrected chi connectivity index (χ3v) is 11.9. The minimum atomic E-state index is -1.80. The van der Waals surface area contributed by atoms with Crippen LogP contribution in [-0.4, -0.2) is 34.6 Å². The lowest BCUT2D eigenvalue weighted by molar-refractivity contribution is 0.268. The van der Waals surface area contributed by atoms with Crippen LogP contribution in [0.2, 0.25) is 18.1 Å². The van der Waals surface area contributed by atoms with Gasteiger partial charge >= 0.3 is 0 Å². The Balaban J connectivity index is 2.90. The monoisotopic (exact) mass is 430 g/mol. The standard InChI is InChI=1S/C20H38N2O2S2Si/c1-10-25-16-11-12-17(21-15-16)18(22-26(23)19(2,3)4)13-14-24-27(8,9)20(5,6)7/h11-12,15,18,22H,10,13-14H2,1-9H3/t18-,26+/m0/s1. The molecule has 0 radical (unpaired) electrons. The van der Waals surface area contributed by atoms with Crippen molar-refractivity contribution in [1.29, 1.82) is 0 Å². The fraction of sp³-hybridized carbons (Fsp3) is 0.750. The molecule has 0 aliphatic rings. The second kappa shape index (κ2) is 10.0. The fourth-order valence-corrected chi connectivity index (χ4v) is 4.61. The highest BCUT2D eigenvalue weighted by atomic mass is 32.2. The van der Waals surface area contributed by atoms with Crippen LogP contribution in [0.4, 0.5) is 0 Å². The molecule has 2 atom stereocenters. The maximum atomic E-state index is 12.7. The van der Waals surface area contributed by atoms with Crippen LogP contribution in [-0.2, 0) is 15.4 Å². The minimum absolute atomic E-state index is 0.0875. The van der Waals surface area contributed by atoms with E-state index in [1.807, 2.05) is 33.0 Å². The molecule has 1 heterocycles. The predicted molar refractivity (Wildman–Crippen MR) is 122 cm³/mol. The maximum Gasteiger partial charge on any atom is 0.191 e. The van der Waals surface area contributed by atoms with Crippen LogP contribution in [0.25, 0.3) is 0 Å². The average Bonchev–Trinajstić information content (AvgIpc) is 2.52. The van der Waals surface area contributed by atoms with Gasteiger partial charge in [0.05, 0.1) is 27.5 Å². The smallest absolute Gasteiger partial charge is 0.191 e. The van der Waals surface area contributed by atoms with E-state index in [0.29, 0.717) is 6.61 Å². The molecule has 0 amide bonds. The number of aromatic nitrogens is 1. The van der Waals surface area contributed by atoms with Crippen molar-refractivity contribution in [3.63, 3.8) is 0 Å². The largest absolute Gasteiger partial charge is 0.417 e. The molecule has 0 fully saturated rings. The van der Waals surface area contributed by atoms with Crippen molar-refractivity contribution in [3.05, 3.63) is 24.0 Å². The van der Waals surface area contributed by atoms with E-state index in [-0.39, 0.29) is 15.8 Å². The molecule has 156 valence electrons. The van der Waals surface area contributed by atoms with Gasteiger partial charge < -0.3 is 4.43 Å². The summed E-state index contributed by atoms with van der Waals surface area (Å²) in [6.07, 6.45) is 2.66. The van der Waals surface area contributed by atoms with Gasteiger partial charge in [0.15, 0.2) is 8.32 Å². The van der Waals surface area contributed by atoms with E-state index in [0.717, 1.165) is 22.8 Å². The summed E-state index contributed by atoms with van der Waals surface area (Å²) in [7, 11) is -2.95. The summed E-state index contributed by atoms with van der Waals surface area (Å²) < 4.78 is 22.0. The van der Waals surface area contributed by atoms with E-state index in [4.69, 9.17) is 4.43 Å². The molecule has 4 nitrogen and oxygen atoms in total. The molecule has 1 rings (SSSR count). The Morgan fingerprint density at radius 1 is 1.22 bits per heavy atom. The van der Waals surface area contributed by atoms with Crippen molar-refractivity contribution < 1.29 is 8.63 Å². The summed E-state index contributed by atoms with van der Waals surface area (Å²) in [5, 5.41) is 0.182. The van der Waals surface area contributed by atoms with Gasteiger partial charge in [-0.1, -0.05) is 27.7 Å². The normalized spacial score (nSPS) is 15.6. The quantitative estimate of drug-likeness (QED) is 0.403. The van der Waals surface area contributed by atoms with Crippen LogP contribution in [0.15, 0.2) is 23.2 Å². The summed E-state index contributed by atoms with van der Waals surface area (Å²) in [5.74, 6) is 1.02. The molecule has 1 aromatic heterocycles. The molecule has 0 aliphatic heterocycles. The predicted octanol–water partition coefficient (Wildman–Crippen LogP) is 5.70. The minimum Gasteiger partial charge on any atom is -0.417 e. The SMILES string of the molecule is CCSc1ccc([C@H](CCO[Si](C)(C)C(C)(C)C)N[S@](=O)C(C)(C)C)nc1. The molecule has 0 saturated heterocycles. The van der Waals surface area contributed by atoms with Crippen molar-refractivity contribution >= 4 is 31.1 Å². The maximum absolute atomic E-state index is 12.7. The Kier molecular flexibility index (Phi) is 9.20. The molecule has 27 heavy (non-hydrogen) atoms. The molecule has 0 saturated carbocycles. The van der Waals surface area contributed by atoms with Gasteiger partial charge in [-0.3, -0.25) is 4.98 Å². The highest BCUT2D eigenvalue weighted by Crippen LogP contribution is 2.37. The van der Waals surface area contributed by atoms with Crippen LogP contribution >= 0.6 is 11.8 Å². The Morgan fingerprint density at radius 2 is 1.85 bits per heavy atom. The van der Waals surface area contributed by atoms with E-state index >= 15 is 0 Å². The number of hydrogen-bond acceptors (Lipinski definition) is 4. The van der Waals surface area contributed by atoms with Crippen molar-refractivity contribution in [3.8, 4) is 0 Å². The first kappa shape index (κ1) is 24.8. The van der Waals surface area contributed by atoms with Gasteiger partial charge in [-0.05, 0) is 63.2 Å². The molecule has 0 aliphatic carbocycles. The fourth-order valence-electron chi connectivity index (χ4n) is 2.07. The number of rotatable bonds is 9. The zero-order valence-electron chi connectivity index (χ0n) is 18.5. The van der Waals surface area contributed by atoms with E-state index in [2.05, 4.69) is 56.6 Å². The van der Waals surface area contributed by atoms with E-state index < -0.39 is 19.3 Å². The number of pyridine rings is 1. The van der Waals surface area contributed by atoms with E-state index in [1.54, 1.807) is 11.8 Å². The first-order chi connectivity index (χ1) is 12.3. The van der Waals surface area contributed by atoms with Crippen LogP contribution in [0.5, 0.6) is 0 Å². The molecular formula is C20H38N2O2S2Si. The van der Waals surface area contributed by atoms with Gasteiger partial charge in [0.25, 0.3) is 0 Å². The summed E-state index contributed by atoms with van der Waals surface area (Å²) in [5.41, 5.74) is 0.923. The number of nitrogens with one attached hydrogen (secondary N) is 1.